The van der Waals surface area contributed by atoms with E-state index in [0.717, 1.165) is 12.1 Å². The second kappa shape index (κ2) is 6.35. The molecule has 1 aliphatic heterocycles. The van der Waals surface area contributed by atoms with Gasteiger partial charge in [0.25, 0.3) is 5.69 Å². The number of hydrogen-bond acceptors (Lipinski definition) is 7. The van der Waals surface area contributed by atoms with Crippen LogP contribution >= 0.6 is 0 Å². The molecule has 21 heavy (non-hydrogen) atoms. The highest BCUT2D eigenvalue weighted by Crippen LogP contribution is 2.23. The van der Waals surface area contributed by atoms with Crippen molar-refractivity contribution < 1.29 is 22.8 Å². The Bertz CT molecular complexity index is 627. The molecule has 0 spiro atoms. The minimum Gasteiger partial charge on any atom is -0.398 e. The van der Waals surface area contributed by atoms with E-state index in [1.165, 1.54) is 6.07 Å². The molecule has 1 atom stereocenters. The Labute approximate surface area is 121 Å². The van der Waals surface area contributed by atoms with Gasteiger partial charge in [0.05, 0.1) is 36.5 Å². The molecular weight excluding hydrogens is 302 g/mol. The molecule has 3 N–H and O–H groups in total. The lowest BCUT2D eigenvalue weighted by Gasteiger charge is -2.23. The Morgan fingerprint density at radius 1 is 1.43 bits per heavy atom. The quantitative estimate of drug-likeness (QED) is 0.439. The standard InChI is InChI=1S/C11H15N3O6S/c12-10-2-1-8(14(15)16)5-11(10)21(17,18)13-6-9-7-19-3-4-20-9/h1-2,5,9,13H,3-4,6-7,12H2. The van der Waals surface area contributed by atoms with Crippen LogP contribution in [-0.4, -0.2) is 45.8 Å². The first-order valence-corrected chi connectivity index (χ1v) is 7.61. The zero-order chi connectivity index (χ0) is 15.5. The fourth-order valence-corrected chi connectivity index (χ4v) is 3.02. The van der Waals surface area contributed by atoms with Crippen LogP contribution in [0.3, 0.4) is 0 Å². The molecule has 0 amide bonds. The predicted molar refractivity (Wildman–Crippen MR) is 73.3 cm³/mol. The first-order valence-electron chi connectivity index (χ1n) is 6.13. The van der Waals surface area contributed by atoms with Crippen molar-refractivity contribution in [2.45, 2.75) is 11.0 Å². The van der Waals surface area contributed by atoms with E-state index < -0.39 is 21.1 Å². The van der Waals surface area contributed by atoms with Crippen LogP contribution in [0.2, 0.25) is 0 Å². The first-order chi connectivity index (χ1) is 9.90. The van der Waals surface area contributed by atoms with E-state index >= 15 is 0 Å². The number of ether oxygens (including phenoxy) is 2. The van der Waals surface area contributed by atoms with Crippen LogP contribution < -0.4 is 10.5 Å². The Morgan fingerprint density at radius 2 is 2.19 bits per heavy atom. The molecule has 0 radical (unpaired) electrons. The molecule has 1 saturated heterocycles. The van der Waals surface area contributed by atoms with Crippen molar-refractivity contribution in [3.8, 4) is 0 Å². The highest BCUT2D eigenvalue weighted by atomic mass is 32.2. The van der Waals surface area contributed by atoms with Crippen LogP contribution in [0.4, 0.5) is 11.4 Å². The molecule has 0 aromatic heterocycles. The number of nitrogens with one attached hydrogen (secondary N) is 1. The molecule has 116 valence electrons. The number of benzene rings is 1. The van der Waals surface area contributed by atoms with Crippen molar-refractivity contribution in [2.75, 3.05) is 32.1 Å². The summed E-state index contributed by atoms with van der Waals surface area (Å²) in [6.07, 6.45) is -0.395. The van der Waals surface area contributed by atoms with Gasteiger partial charge in [0, 0.05) is 18.7 Å². The minimum absolute atomic E-state index is 0.00443. The molecular formula is C11H15N3O6S. The molecule has 1 fully saturated rings. The van der Waals surface area contributed by atoms with E-state index in [9.17, 15) is 18.5 Å². The average Bonchev–Trinajstić information content (AvgIpc) is 2.46. The molecule has 1 aromatic rings. The SMILES string of the molecule is Nc1ccc([N+](=O)[O-])cc1S(=O)(=O)NCC1COCCO1. The van der Waals surface area contributed by atoms with Gasteiger partial charge in [0.2, 0.25) is 10.0 Å². The van der Waals surface area contributed by atoms with Crippen LogP contribution in [0.15, 0.2) is 23.1 Å². The van der Waals surface area contributed by atoms with Crippen LogP contribution in [0.5, 0.6) is 0 Å². The number of hydrogen-bond donors (Lipinski definition) is 2. The number of sulfonamides is 1. The van der Waals surface area contributed by atoms with Crippen LogP contribution in [0.1, 0.15) is 0 Å². The van der Waals surface area contributed by atoms with Gasteiger partial charge >= 0.3 is 0 Å². The average molecular weight is 317 g/mol. The summed E-state index contributed by atoms with van der Waals surface area (Å²) in [5, 5.41) is 10.7. The van der Waals surface area contributed by atoms with E-state index in [1.807, 2.05) is 0 Å². The van der Waals surface area contributed by atoms with Gasteiger partial charge in [-0.25, -0.2) is 13.1 Å². The second-order valence-electron chi connectivity index (χ2n) is 4.40. The molecule has 0 bridgehead atoms. The van der Waals surface area contributed by atoms with Gasteiger partial charge in [-0.15, -0.1) is 0 Å². The van der Waals surface area contributed by atoms with Crippen molar-refractivity contribution in [1.29, 1.82) is 0 Å². The van der Waals surface area contributed by atoms with Crippen LogP contribution in [0.25, 0.3) is 0 Å². The second-order valence-corrected chi connectivity index (χ2v) is 6.13. The van der Waals surface area contributed by atoms with Gasteiger partial charge in [-0.05, 0) is 6.07 Å². The van der Waals surface area contributed by atoms with Crippen LogP contribution in [0, 0.1) is 10.1 Å². The molecule has 0 saturated carbocycles. The Morgan fingerprint density at radius 3 is 2.81 bits per heavy atom. The molecule has 1 aliphatic rings. The third-order valence-corrected chi connectivity index (χ3v) is 4.36. The predicted octanol–water partition coefficient (Wildman–Crippen LogP) is -0.129. The van der Waals surface area contributed by atoms with Crippen LogP contribution in [-0.2, 0) is 19.5 Å². The number of nitrogens with two attached hydrogens (primary N) is 1. The Hall–Kier alpha value is -1.75. The fraction of sp³-hybridized carbons (Fsp3) is 0.455. The van der Waals surface area contributed by atoms with Crippen molar-refractivity contribution in [1.82, 2.24) is 4.72 Å². The summed E-state index contributed by atoms with van der Waals surface area (Å²) in [6.45, 7) is 1.16. The summed E-state index contributed by atoms with van der Waals surface area (Å²) in [6, 6.07) is 3.26. The third kappa shape index (κ3) is 3.88. The van der Waals surface area contributed by atoms with Crippen molar-refractivity contribution in [3.63, 3.8) is 0 Å². The fourth-order valence-electron chi connectivity index (χ4n) is 1.80. The zero-order valence-corrected chi connectivity index (χ0v) is 11.8. The lowest BCUT2D eigenvalue weighted by atomic mass is 10.3. The first kappa shape index (κ1) is 15.6. The van der Waals surface area contributed by atoms with E-state index in [-0.39, 0.29) is 29.4 Å². The zero-order valence-electron chi connectivity index (χ0n) is 11.0. The molecule has 9 nitrogen and oxygen atoms in total. The number of rotatable bonds is 5. The summed E-state index contributed by atoms with van der Waals surface area (Å²) < 4.78 is 37.1. The highest BCUT2D eigenvalue weighted by Gasteiger charge is 2.23. The van der Waals surface area contributed by atoms with E-state index in [0.29, 0.717) is 13.2 Å². The van der Waals surface area contributed by atoms with Gasteiger partial charge in [-0.2, -0.15) is 0 Å². The van der Waals surface area contributed by atoms with Crippen molar-refractivity contribution in [3.05, 3.63) is 28.3 Å². The van der Waals surface area contributed by atoms with E-state index in [4.69, 9.17) is 15.2 Å². The lowest BCUT2D eigenvalue weighted by molar-refractivity contribution is -0.385. The Balaban J connectivity index is 2.14. The third-order valence-electron chi connectivity index (χ3n) is 2.88. The van der Waals surface area contributed by atoms with Crippen molar-refractivity contribution in [2.24, 2.45) is 0 Å². The number of nitro groups is 1. The summed E-state index contributed by atoms with van der Waals surface area (Å²) in [5.41, 5.74) is 5.18. The smallest absolute Gasteiger partial charge is 0.270 e. The molecule has 1 aromatic carbocycles. The number of anilines is 1. The summed E-state index contributed by atoms with van der Waals surface area (Å²) in [7, 11) is -3.96. The van der Waals surface area contributed by atoms with Gasteiger partial charge < -0.3 is 15.2 Å². The number of nitrogens with zero attached hydrogens (tertiary/aromatic N) is 1. The monoisotopic (exact) mass is 317 g/mol. The topological polar surface area (TPSA) is 134 Å². The summed E-state index contributed by atoms with van der Waals surface area (Å²) in [5.74, 6) is 0. The normalized spacial score (nSPS) is 19.3. The number of nitro benzene ring substituents is 1. The molecule has 2 rings (SSSR count). The number of nitrogen functional groups attached to an aromatic ring is 1. The van der Waals surface area contributed by atoms with E-state index in [1.54, 1.807) is 0 Å². The van der Waals surface area contributed by atoms with Gasteiger partial charge in [0.15, 0.2) is 0 Å². The maximum Gasteiger partial charge on any atom is 0.270 e. The maximum absolute atomic E-state index is 12.2. The maximum atomic E-state index is 12.2. The molecule has 1 heterocycles. The number of non-ortho nitro benzene ring substituents is 1. The van der Waals surface area contributed by atoms with Crippen molar-refractivity contribution >= 4 is 21.4 Å². The summed E-state index contributed by atoms with van der Waals surface area (Å²) >= 11 is 0. The Kier molecular flexibility index (Phi) is 4.73. The molecule has 0 aliphatic carbocycles. The molecule has 1 unspecified atom stereocenters. The van der Waals surface area contributed by atoms with Gasteiger partial charge in [0.1, 0.15) is 4.90 Å². The highest BCUT2D eigenvalue weighted by molar-refractivity contribution is 7.89. The summed E-state index contributed by atoms with van der Waals surface area (Å²) in [4.78, 5) is 9.70. The largest absolute Gasteiger partial charge is 0.398 e. The minimum atomic E-state index is -3.96. The van der Waals surface area contributed by atoms with E-state index in [2.05, 4.69) is 4.72 Å². The van der Waals surface area contributed by atoms with Gasteiger partial charge in [-0.1, -0.05) is 0 Å². The molecule has 10 heteroatoms. The van der Waals surface area contributed by atoms with Gasteiger partial charge in [-0.3, -0.25) is 10.1 Å². The lowest BCUT2D eigenvalue weighted by Crippen LogP contribution is -2.39.